The molecule has 0 saturated carbocycles. The maximum atomic E-state index is 9.25. The Hall–Kier alpha value is -0.957. The van der Waals surface area contributed by atoms with Gasteiger partial charge in [-0.2, -0.15) is 0 Å². The van der Waals surface area contributed by atoms with Gasteiger partial charge in [-0.3, -0.25) is 0 Å². The average Bonchev–Trinajstić information content (AvgIpc) is 1.89. The molecular weight excluding hydrogens is 201 g/mol. The molecule has 5 heteroatoms. The Morgan fingerprint density at radius 2 is 1.09 bits per heavy atom. The Balaban J connectivity index is -0.000000107. The van der Waals surface area contributed by atoms with Crippen LogP contribution in [0.4, 0.5) is 0 Å². The molecule has 0 aromatic heterocycles. The molecule has 2 N–H and O–H groups in total. The molecule has 58 valence electrons. The molecule has 4 nitrogen and oxygen atoms in total. The number of aliphatic carboxylic acids is 2. The third-order valence-electron chi connectivity index (χ3n) is 0.349. The maximum Gasteiger partial charge on any atom is 0.327 e. The van der Waals surface area contributed by atoms with Crippen molar-refractivity contribution in [2.75, 3.05) is 0 Å². The minimum atomic E-state index is -0.981. The van der Waals surface area contributed by atoms with Crippen LogP contribution in [-0.4, -0.2) is 22.2 Å². The number of rotatable bonds is 2. The second-order valence-corrected chi connectivity index (χ2v) is 1.08. The molecule has 0 saturated heterocycles. The van der Waals surface area contributed by atoms with Crippen LogP contribution in [0.25, 0.3) is 0 Å². The van der Waals surface area contributed by atoms with E-state index in [0.29, 0.717) is 0 Å². The van der Waals surface area contributed by atoms with E-state index in [1.807, 2.05) is 0 Å². The fourth-order valence-corrected chi connectivity index (χ4v) is 0. The standard InChI is InChI=1S/2C3H4O2.Zn/c2*1-2-3(4)5;/h2*2H,1H2,(H,4,5);. The van der Waals surface area contributed by atoms with Crippen LogP contribution in [0.3, 0.4) is 0 Å². The molecule has 0 heterocycles. The molecule has 0 bridgehead atoms. The zero-order valence-electron chi connectivity index (χ0n) is 5.99. The third kappa shape index (κ3) is 48.4. The van der Waals surface area contributed by atoms with Gasteiger partial charge in [0, 0.05) is 31.6 Å². The first-order valence-corrected chi connectivity index (χ1v) is 2.25. The molecule has 11 heavy (non-hydrogen) atoms. The number of hydrogen-bond acceptors (Lipinski definition) is 2. The summed E-state index contributed by atoms with van der Waals surface area (Å²) in [6.45, 7) is 5.92. The van der Waals surface area contributed by atoms with Gasteiger partial charge in [0.25, 0.3) is 0 Å². The van der Waals surface area contributed by atoms with Gasteiger partial charge in [-0.25, -0.2) is 9.59 Å². The summed E-state index contributed by atoms with van der Waals surface area (Å²) < 4.78 is 0. The summed E-state index contributed by atoms with van der Waals surface area (Å²) in [5, 5.41) is 15.2. The number of carboxylic acid groups (broad SMARTS) is 2. The largest absolute Gasteiger partial charge is 0.478 e. The summed E-state index contributed by atoms with van der Waals surface area (Å²) in [7, 11) is 0. The Labute approximate surface area is 77.0 Å². The molecule has 0 fully saturated rings. The van der Waals surface area contributed by atoms with E-state index in [-0.39, 0.29) is 19.5 Å². The van der Waals surface area contributed by atoms with E-state index in [2.05, 4.69) is 13.2 Å². The van der Waals surface area contributed by atoms with Gasteiger partial charge in [-0.15, -0.1) is 0 Å². The summed E-state index contributed by atoms with van der Waals surface area (Å²) in [5.41, 5.74) is 0. The van der Waals surface area contributed by atoms with Crippen LogP contribution in [-0.2, 0) is 29.1 Å². The molecule has 0 aromatic rings. The first-order valence-electron chi connectivity index (χ1n) is 2.25. The molecule has 0 atom stereocenters. The second kappa shape index (κ2) is 11.8. The van der Waals surface area contributed by atoms with Gasteiger partial charge in [0.15, 0.2) is 0 Å². The number of hydrogen-bond donors (Lipinski definition) is 2. The van der Waals surface area contributed by atoms with Gasteiger partial charge in [0.2, 0.25) is 0 Å². The van der Waals surface area contributed by atoms with Crippen LogP contribution >= 0.6 is 0 Å². The first-order chi connectivity index (χ1) is 4.54. The quantitative estimate of drug-likeness (QED) is 0.513. The molecule has 0 aliphatic carbocycles. The van der Waals surface area contributed by atoms with Crippen molar-refractivity contribution in [1.29, 1.82) is 0 Å². The summed E-state index contributed by atoms with van der Waals surface area (Å²) in [6, 6.07) is 0. The molecular formula is C6H8O4Zn. The number of carboxylic acids is 2. The van der Waals surface area contributed by atoms with Crippen LogP contribution in [0.2, 0.25) is 0 Å². The van der Waals surface area contributed by atoms with Crippen molar-refractivity contribution in [3.8, 4) is 0 Å². The summed E-state index contributed by atoms with van der Waals surface area (Å²) in [6.07, 6.45) is 1.67. The molecule has 0 spiro atoms. The van der Waals surface area contributed by atoms with E-state index in [9.17, 15) is 9.59 Å². The monoisotopic (exact) mass is 208 g/mol. The molecule has 0 radical (unpaired) electrons. The van der Waals surface area contributed by atoms with Crippen molar-refractivity contribution in [1.82, 2.24) is 0 Å². The smallest absolute Gasteiger partial charge is 0.327 e. The molecule has 0 aromatic carbocycles. The van der Waals surface area contributed by atoms with Crippen molar-refractivity contribution >= 4 is 11.9 Å². The van der Waals surface area contributed by atoms with Crippen molar-refractivity contribution < 1.29 is 39.3 Å². The van der Waals surface area contributed by atoms with E-state index in [1.54, 1.807) is 0 Å². The Bertz CT molecular complexity index is 135. The Morgan fingerprint density at radius 1 is 1.00 bits per heavy atom. The zero-order chi connectivity index (χ0) is 8.57. The van der Waals surface area contributed by atoms with Crippen LogP contribution in [0.5, 0.6) is 0 Å². The molecule has 0 aliphatic rings. The van der Waals surface area contributed by atoms with E-state index in [1.165, 1.54) is 0 Å². The Morgan fingerprint density at radius 3 is 1.09 bits per heavy atom. The predicted molar refractivity (Wildman–Crippen MR) is 35.7 cm³/mol. The Kier molecular flexibility index (Phi) is 17.8. The molecule has 0 amide bonds. The van der Waals surface area contributed by atoms with Crippen molar-refractivity contribution in [2.24, 2.45) is 0 Å². The van der Waals surface area contributed by atoms with Crippen molar-refractivity contribution in [3.05, 3.63) is 25.3 Å². The second-order valence-electron chi connectivity index (χ2n) is 1.08. The fraction of sp³-hybridized carbons (Fsp3) is 0. The summed E-state index contributed by atoms with van der Waals surface area (Å²) in [4.78, 5) is 18.5. The minimum Gasteiger partial charge on any atom is -0.478 e. The van der Waals surface area contributed by atoms with Gasteiger partial charge >= 0.3 is 11.9 Å². The van der Waals surface area contributed by atoms with E-state index >= 15 is 0 Å². The molecule has 0 rings (SSSR count). The van der Waals surface area contributed by atoms with Gasteiger partial charge in [-0.05, 0) is 0 Å². The maximum absolute atomic E-state index is 9.25. The van der Waals surface area contributed by atoms with Gasteiger partial charge < -0.3 is 10.2 Å². The topological polar surface area (TPSA) is 74.6 Å². The van der Waals surface area contributed by atoms with Crippen molar-refractivity contribution in [3.63, 3.8) is 0 Å². The first kappa shape index (κ1) is 16.6. The molecule has 0 unspecified atom stereocenters. The van der Waals surface area contributed by atoms with Crippen LogP contribution in [0, 0.1) is 0 Å². The predicted octanol–water partition coefficient (Wildman–Crippen LogP) is 0.512. The van der Waals surface area contributed by atoms with Gasteiger partial charge in [0.05, 0.1) is 0 Å². The van der Waals surface area contributed by atoms with Crippen LogP contribution in [0.1, 0.15) is 0 Å². The van der Waals surface area contributed by atoms with Crippen LogP contribution < -0.4 is 0 Å². The number of carbonyl (C=O) groups is 2. The summed E-state index contributed by atoms with van der Waals surface area (Å²) >= 11 is 0. The zero-order valence-corrected chi connectivity index (χ0v) is 8.95. The average molecular weight is 210 g/mol. The van der Waals surface area contributed by atoms with E-state index < -0.39 is 11.9 Å². The normalized spacial score (nSPS) is 5.82. The van der Waals surface area contributed by atoms with Crippen LogP contribution in [0.15, 0.2) is 25.3 Å². The molecule has 0 aliphatic heterocycles. The summed E-state index contributed by atoms with van der Waals surface area (Å²) in [5.74, 6) is -1.96. The SMILES string of the molecule is C=CC(=O)O.C=CC(=O)O.[Zn]. The third-order valence-corrected chi connectivity index (χ3v) is 0.349. The minimum absolute atomic E-state index is 0. The van der Waals surface area contributed by atoms with E-state index in [4.69, 9.17) is 10.2 Å². The van der Waals surface area contributed by atoms with Gasteiger partial charge in [-0.1, -0.05) is 13.2 Å². The van der Waals surface area contributed by atoms with E-state index in [0.717, 1.165) is 12.2 Å². The van der Waals surface area contributed by atoms with Crippen molar-refractivity contribution in [2.45, 2.75) is 0 Å². The van der Waals surface area contributed by atoms with Gasteiger partial charge in [0.1, 0.15) is 0 Å². The fourth-order valence-electron chi connectivity index (χ4n) is 0.